The van der Waals surface area contributed by atoms with Crippen molar-refractivity contribution in [3.63, 3.8) is 0 Å². The third kappa shape index (κ3) is 3.31. The van der Waals surface area contributed by atoms with Crippen molar-refractivity contribution in [1.82, 2.24) is 4.31 Å². The van der Waals surface area contributed by atoms with E-state index >= 15 is 0 Å². The highest BCUT2D eigenvalue weighted by Crippen LogP contribution is 2.29. The van der Waals surface area contributed by atoms with Gasteiger partial charge in [0.15, 0.2) is 0 Å². The molecule has 0 aliphatic rings. The maximum Gasteiger partial charge on any atom is 0.246 e. The summed E-state index contributed by atoms with van der Waals surface area (Å²) in [5, 5.41) is 0. The molecule has 0 bridgehead atoms. The molecule has 0 amide bonds. The number of rotatable bonds is 7. The first-order chi connectivity index (χ1) is 9.42. The largest absolute Gasteiger partial charge is 0.495 e. The number of hydrogen-bond donors (Lipinski definition) is 1. The lowest BCUT2D eigenvalue weighted by molar-refractivity contribution is 0.338. The van der Waals surface area contributed by atoms with E-state index in [1.165, 1.54) is 11.4 Å². The summed E-state index contributed by atoms with van der Waals surface area (Å²) < 4.78 is 32.3. The van der Waals surface area contributed by atoms with Crippen LogP contribution >= 0.6 is 0 Å². The molecule has 1 aromatic rings. The van der Waals surface area contributed by atoms with Gasteiger partial charge in [-0.15, -0.1) is 0 Å². The minimum atomic E-state index is -3.59. The van der Waals surface area contributed by atoms with Crippen LogP contribution in [0.15, 0.2) is 23.1 Å². The van der Waals surface area contributed by atoms with E-state index in [0.717, 1.165) is 12.0 Å². The molecule has 0 saturated heterocycles. The van der Waals surface area contributed by atoms with Crippen molar-refractivity contribution in [2.45, 2.75) is 44.7 Å². The fraction of sp³-hybridized carbons (Fsp3) is 0.571. The fourth-order valence-electron chi connectivity index (χ4n) is 2.10. The van der Waals surface area contributed by atoms with E-state index in [1.807, 2.05) is 20.8 Å². The fourth-order valence-corrected chi connectivity index (χ4v) is 4.02. The standard InChI is InChI=1S/C14H24N2O3S/c1-5-11(3)16(6-2)20(17,18)14-9-12(10-15)7-8-13(14)19-4/h7-9,11H,5-6,10,15H2,1-4H3. The summed E-state index contributed by atoms with van der Waals surface area (Å²) in [6.07, 6.45) is 0.756. The Morgan fingerprint density at radius 2 is 2.00 bits per heavy atom. The topological polar surface area (TPSA) is 72.6 Å². The second-order valence-corrected chi connectivity index (χ2v) is 6.51. The van der Waals surface area contributed by atoms with Crippen molar-refractivity contribution in [3.8, 4) is 5.75 Å². The molecule has 114 valence electrons. The van der Waals surface area contributed by atoms with Gasteiger partial charge in [-0.2, -0.15) is 4.31 Å². The van der Waals surface area contributed by atoms with Gasteiger partial charge >= 0.3 is 0 Å². The molecule has 0 radical (unpaired) electrons. The van der Waals surface area contributed by atoms with Crippen molar-refractivity contribution in [2.75, 3.05) is 13.7 Å². The van der Waals surface area contributed by atoms with Crippen LogP contribution in [0.3, 0.4) is 0 Å². The molecular weight excluding hydrogens is 276 g/mol. The normalized spacial score (nSPS) is 13.5. The van der Waals surface area contributed by atoms with Gasteiger partial charge in [0.1, 0.15) is 10.6 Å². The molecule has 0 saturated carbocycles. The molecule has 1 rings (SSSR count). The predicted molar refractivity (Wildman–Crippen MR) is 80.2 cm³/mol. The maximum absolute atomic E-state index is 12.8. The molecule has 6 heteroatoms. The second-order valence-electron chi connectivity index (χ2n) is 4.65. The molecular formula is C14H24N2O3S. The zero-order valence-electron chi connectivity index (χ0n) is 12.6. The Hall–Kier alpha value is -1.11. The molecule has 5 nitrogen and oxygen atoms in total. The zero-order valence-corrected chi connectivity index (χ0v) is 13.4. The summed E-state index contributed by atoms with van der Waals surface area (Å²) in [7, 11) is -2.12. The Labute approximate surface area is 121 Å². The monoisotopic (exact) mass is 300 g/mol. The number of benzene rings is 1. The van der Waals surface area contributed by atoms with Crippen LogP contribution in [0.2, 0.25) is 0 Å². The first kappa shape index (κ1) is 16.9. The van der Waals surface area contributed by atoms with E-state index in [0.29, 0.717) is 18.8 Å². The molecule has 0 spiro atoms. The highest BCUT2D eigenvalue weighted by atomic mass is 32.2. The van der Waals surface area contributed by atoms with Crippen molar-refractivity contribution in [3.05, 3.63) is 23.8 Å². The maximum atomic E-state index is 12.8. The molecule has 0 aliphatic heterocycles. The van der Waals surface area contributed by atoms with Crippen LogP contribution in [0.1, 0.15) is 32.8 Å². The number of ether oxygens (including phenoxy) is 1. The summed E-state index contributed by atoms with van der Waals surface area (Å²) in [5.41, 5.74) is 6.37. The minimum Gasteiger partial charge on any atom is -0.495 e. The van der Waals surface area contributed by atoms with Crippen LogP contribution in [0.4, 0.5) is 0 Å². The van der Waals surface area contributed by atoms with Crippen molar-refractivity contribution < 1.29 is 13.2 Å². The van der Waals surface area contributed by atoms with E-state index < -0.39 is 10.0 Å². The minimum absolute atomic E-state index is 0.0590. The van der Waals surface area contributed by atoms with E-state index in [2.05, 4.69) is 0 Å². The summed E-state index contributed by atoms with van der Waals surface area (Å²) in [4.78, 5) is 0.185. The van der Waals surface area contributed by atoms with Gasteiger partial charge in [0.25, 0.3) is 0 Å². The molecule has 0 aliphatic carbocycles. The quantitative estimate of drug-likeness (QED) is 0.835. The Bertz CT molecular complexity index is 543. The van der Waals surface area contributed by atoms with Crippen molar-refractivity contribution in [1.29, 1.82) is 0 Å². The summed E-state index contributed by atoms with van der Waals surface area (Å²) in [6.45, 7) is 6.43. The smallest absolute Gasteiger partial charge is 0.246 e. The van der Waals surface area contributed by atoms with Crippen LogP contribution in [0.25, 0.3) is 0 Å². The van der Waals surface area contributed by atoms with Crippen LogP contribution in [0.5, 0.6) is 5.75 Å². The van der Waals surface area contributed by atoms with Gasteiger partial charge in [0.2, 0.25) is 10.0 Å². The molecule has 1 aromatic carbocycles. The Morgan fingerprint density at radius 1 is 1.35 bits per heavy atom. The number of nitrogens with zero attached hydrogens (tertiary/aromatic N) is 1. The third-order valence-corrected chi connectivity index (χ3v) is 5.55. The van der Waals surface area contributed by atoms with Gasteiger partial charge in [-0.25, -0.2) is 8.42 Å². The highest BCUT2D eigenvalue weighted by molar-refractivity contribution is 7.89. The van der Waals surface area contributed by atoms with E-state index in [9.17, 15) is 8.42 Å². The van der Waals surface area contributed by atoms with Crippen molar-refractivity contribution in [2.24, 2.45) is 5.73 Å². The van der Waals surface area contributed by atoms with Crippen molar-refractivity contribution >= 4 is 10.0 Å². The first-order valence-corrected chi connectivity index (χ1v) is 8.25. The number of hydrogen-bond acceptors (Lipinski definition) is 4. The van der Waals surface area contributed by atoms with E-state index in [-0.39, 0.29) is 10.9 Å². The number of sulfonamides is 1. The molecule has 20 heavy (non-hydrogen) atoms. The Kier molecular flexibility index (Phi) is 5.98. The molecule has 0 aromatic heterocycles. The SMILES string of the molecule is CCC(C)N(CC)S(=O)(=O)c1cc(CN)ccc1OC. The lowest BCUT2D eigenvalue weighted by Gasteiger charge is -2.27. The lowest BCUT2D eigenvalue weighted by Crippen LogP contribution is -2.38. The van der Waals surface area contributed by atoms with Gasteiger partial charge < -0.3 is 10.5 Å². The summed E-state index contributed by atoms with van der Waals surface area (Å²) >= 11 is 0. The molecule has 2 N–H and O–H groups in total. The van der Waals surface area contributed by atoms with Gasteiger partial charge in [-0.05, 0) is 31.0 Å². The van der Waals surface area contributed by atoms with Gasteiger partial charge in [0.05, 0.1) is 7.11 Å². The van der Waals surface area contributed by atoms with E-state index in [1.54, 1.807) is 18.2 Å². The van der Waals surface area contributed by atoms with Gasteiger partial charge in [-0.1, -0.05) is 19.9 Å². The summed E-state index contributed by atoms with van der Waals surface area (Å²) in [6, 6.07) is 4.96. The molecule has 1 unspecified atom stereocenters. The third-order valence-electron chi connectivity index (χ3n) is 3.44. The Morgan fingerprint density at radius 3 is 2.45 bits per heavy atom. The number of methoxy groups -OCH3 is 1. The average molecular weight is 300 g/mol. The van der Waals surface area contributed by atoms with E-state index in [4.69, 9.17) is 10.5 Å². The lowest BCUT2D eigenvalue weighted by atomic mass is 10.2. The molecule has 0 heterocycles. The first-order valence-electron chi connectivity index (χ1n) is 6.81. The van der Waals surface area contributed by atoms with Crippen LogP contribution < -0.4 is 10.5 Å². The molecule has 0 fully saturated rings. The Balaban J connectivity index is 3.39. The van der Waals surface area contributed by atoms with Crippen LogP contribution in [0, 0.1) is 0 Å². The van der Waals surface area contributed by atoms with Gasteiger partial charge in [-0.3, -0.25) is 0 Å². The zero-order chi connectivity index (χ0) is 15.3. The highest BCUT2D eigenvalue weighted by Gasteiger charge is 2.29. The average Bonchev–Trinajstić information content (AvgIpc) is 2.46. The van der Waals surface area contributed by atoms with Crippen LogP contribution in [-0.4, -0.2) is 32.4 Å². The summed E-state index contributed by atoms with van der Waals surface area (Å²) in [5.74, 6) is 0.351. The second kappa shape index (κ2) is 7.06. The number of nitrogens with two attached hydrogens (primary N) is 1. The van der Waals surface area contributed by atoms with Crippen LogP contribution in [-0.2, 0) is 16.6 Å². The predicted octanol–water partition coefficient (Wildman–Crippen LogP) is 1.96. The molecule has 1 atom stereocenters. The van der Waals surface area contributed by atoms with Gasteiger partial charge in [0, 0.05) is 19.1 Å².